The summed E-state index contributed by atoms with van der Waals surface area (Å²) < 4.78 is 5.46. The summed E-state index contributed by atoms with van der Waals surface area (Å²) in [5.41, 5.74) is 21.6. The zero-order valence-electron chi connectivity index (χ0n) is 40.6. The summed E-state index contributed by atoms with van der Waals surface area (Å²) in [6, 6.07) is 56.9. The molecule has 332 valence electrons. The number of nitrogens with zero attached hydrogens (tertiary/aromatic N) is 2. The molecule has 0 atom stereocenters. The molecule has 5 heteroatoms. The molecule has 0 bridgehead atoms. The Morgan fingerprint density at radius 2 is 1.21 bits per heavy atom. The molecular weight excluding hydrogens is 860 g/mol. The van der Waals surface area contributed by atoms with Crippen molar-refractivity contribution >= 4 is 109 Å². The third-order valence-corrected chi connectivity index (χ3v) is 19.2. The van der Waals surface area contributed by atoms with Gasteiger partial charge in [-0.05, 0) is 116 Å². The molecule has 10 aromatic rings. The number of para-hydroxylation sites is 2. The Bertz CT molecular complexity index is 3840. The molecule has 1 aliphatic carbocycles. The van der Waals surface area contributed by atoms with E-state index < -0.39 is 0 Å². The van der Waals surface area contributed by atoms with Gasteiger partial charge in [-0.25, -0.2) is 0 Å². The Balaban J connectivity index is 1.19. The number of fused-ring (bicyclic) bond motifs is 15. The monoisotopic (exact) mass is 914 g/mol. The minimum absolute atomic E-state index is 0.0309. The largest absolute Gasteiger partial charge is 0.376 e. The van der Waals surface area contributed by atoms with Crippen molar-refractivity contribution in [2.75, 3.05) is 9.71 Å². The lowest BCUT2D eigenvalue weighted by molar-refractivity contribution is 0.332. The maximum absolute atomic E-state index is 2.77. The first-order valence-corrected chi connectivity index (χ1v) is 26.3. The second kappa shape index (κ2) is 13.6. The normalized spacial score (nSPS) is 17.0. The van der Waals surface area contributed by atoms with Gasteiger partial charge in [-0.3, -0.25) is 0 Å². The highest BCUT2D eigenvalue weighted by Crippen LogP contribution is 2.60. The Morgan fingerprint density at radius 3 is 2.00 bits per heavy atom. The third-order valence-electron chi connectivity index (χ3n) is 16.8. The van der Waals surface area contributed by atoms with Gasteiger partial charge >= 0.3 is 6.85 Å². The van der Waals surface area contributed by atoms with Crippen molar-refractivity contribution in [1.82, 2.24) is 0 Å². The van der Waals surface area contributed by atoms with Crippen molar-refractivity contribution in [3.8, 4) is 22.3 Å². The number of thiophene rings is 2. The maximum Gasteiger partial charge on any atom is 0.333 e. The van der Waals surface area contributed by atoms with Gasteiger partial charge in [-0.15, -0.1) is 22.7 Å². The summed E-state index contributed by atoms with van der Waals surface area (Å²) in [7, 11) is 0. The standard InChI is InChI=1S/C63H55BN2S2/c1-60(2,3)37-26-29-49(41(32-37)36-18-11-10-12-19-36)65-51-34-43-38-20-13-16-25-52(38)67-58(43)54-40-21-17-23-45-56(40)66(50-24-15-14-22-44(50)63(45,8)9)64(55(51)54)48-28-27-39-42-33-46-47(35-53(42)68-59(39)57(48)65)62(6,7)31-30-61(46,4)5/h10-29,32-35H,30-31H2,1-9H3. The van der Waals surface area contributed by atoms with Crippen LogP contribution in [0.25, 0.3) is 62.6 Å². The highest BCUT2D eigenvalue weighted by atomic mass is 32.1. The number of hydrogen-bond acceptors (Lipinski definition) is 4. The molecule has 0 fully saturated rings. The molecule has 4 aliphatic rings. The van der Waals surface area contributed by atoms with Crippen LogP contribution >= 0.6 is 22.7 Å². The van der Waals surface area contributed by atoms with Gasteiger partial charge in [0, 0.05) is 74.8 Å². The van der Waals surface area contributed by atoms with E-state index >= 15 is 0 Å². The van der Waals surface area contributed by atoms with E-state index in [1.54, 1.807) is 0 Å². The van der Waals surface area contributed by atoms with Gasteiger partial charge in [-0.1, -0.05) is 165 Å². The maximum atomic E-state index is 2.77. The van der Waals surface area contributed by atoms with Crippen LogP contribution in [0, 0.1) is 0 Å². The van der Waals surface area contributed by atoms with Gasteiger partial charge in [-0.2, -0.15) is 0 Å². The number of anilines is 5. The van der Waals surface area contributed by atoms with Crippen LogP contribution in [0.2, 0.25) is 0 Å². The van der Waals surface area contributed by atoms with Crippen LogP contribution in [-0.4, -0.2) is 6.85 Å². The molecule has 0 saturated heterocycles. The summed E-state index contributed by atoms with van der Waals surface area (Å²) in [4.78, 5) is 5.52. The molecule has 5 heterocycles. The van der Waals surface area contributed by atoms with Gasteiger partial charge in [0.05, 0.1) is 16.1 Å². The average molecular weight is 915 g/mol. The van der Waals surface area contributed by atoms with E-state index in [0.717, 1.165) is 0 Å². The number of hydrogen-bond donors (Lipinski definition) is 0. The van der Waals surface area contributed by atoms with Crippen LogP contribution in [0.15, 0.2) is 146 Å². The molecule has 0 unspecified atom stereocenters. The second-order valence-electron chi connectivity index (χ2n) is 23.1. The summed E-state index contributed by atoms with van der Waals surface area (Å²) in [5, 5.41) is 5.40. The van der Waals surface area contributed by atoms with Gasteiger partial charge in [0.2, 0.25) is 0 Å². The molecule has 68 heavy (non-hydrogen) atoms. The Morgan fingerprint density at radius 1 is 0.500 bits per heavy atom. The van der Waals surface area contributed by atoms with Crippen molar-refractivity contribution in [3.05, 3.63) is 173 Å². The van der Waals surface area contributed by atoms with E-state index in [0.29, 0.717) is 0 Å². The molecule has 3 aliphatic heterocycles. The molecular formula is C63H55BN2S2. The molecule has 0 radical (unpaired) electrons. The van der Waals surface area contributed by atoms with Crippen LogP contribution in [0.1, 0.15) is 103 Å². The SMILES string of the molecule is CC(C)(C)c1ccc(N2c3cc4c(sc5ccccc54)c4c3B(c3ccc5c(sc6cc7c(cc65)C(C)(C)CCC7(C)C)c32)N2c3ccccc3C(C)(C)c3cccc-4c32)c(-c2ccccc2)c1. The van der Waals surface area contributed by atoms with Gasteiger partial charge in [0.1, 0.15) is 0 Å². The van der Waals surface area contributed by atoms with Crippen LogP contribution in [0.4, 0.5) is 28.4 Å². The summed E-state index contributed by atoms with van der Waals surface area (Å²) in [5.74, 6) is 0. The predicted octanol–water partition coefficient (Wildman–Crippen LogP) is 17.1. The van der Waals surface area contributed by atoms with E-state index in [1.165, 1.54) is 143 Å². The zero-order chi connectivity index (χ0) is 46.4. The van der Waals surface area contributed by atoms with Crippen molar-refractivity contribution < 1.29 is 0 Å². The quantitative estimate of drug-likeness (QED) is 0.159. The summed E-state index contributed by atoms with van der Waals surface area (Å²) in [6.07, 6.45) is 2.39. The summed E-state index contributed by atoms with van der Waals surface area (Å²) in [6.45, 7) is 21.7. The average Bonchev–Trinajstić information content (AvgIpc) is 3.90. The molecule has 0 amide bonds. The van der Waals surface area contributed by atoms with Crippen molar-refractivity contribution in [2.24, 2.45) is 0 Å². The van der Waals surface area contributed by atoms with Crippen LogP contribution < -0.4 is 20.6 Å². The molecule has 0 saturated carbocycles. The molecule has 0 N–H and O–H groups in total. The van der Waals surface area contributed by atoms with Gasteiger partial charge in [0.25, 0.3) is 0 Å². The lowest BCUT2D eigenvalue weighted by Crippen LogP contribution is -2.63. The topological polar surface area (TPSA) is 6.48 Å². The van der Waals surface area contributed by atoms with E-state index in [-0.39, 0.29) is 28.5 Å². The van der Waals surface area contributed by atoms with E-state index in [4.69, 9.17) is 0 Å². The fraction of sp³-hybridized carbons (Fsp3) is 0.238. The Kier molecular flexibility index (Phi) is 8.15. The first-order valence-electron chi connectivity index (χ1n) is 24.7. The van der Waals surface area contributed by atoms with Crippen LogP contribution in [0.5, 0.6) is 0 Å². The predicted molar refractivity (Wildman–Crippen MR) is 297 cm³/mol. The van der Waals surface area contributed by atoms with Crippen molar-refractivity contribution in [1.29, 1.82) is 0 Å². The van der Waals surface area contributed by atoms with E-state index in [2.05, 4.69) is 218 Å². The molecule has 2 nitrogen and oxygen atoms in total. The van der Waals surface area contributed by atoms with E-state index in [9.17, 15) is 0 Å². The minimum atomic E-state index is -0.189. The van der Waals surface area contributed by atoms with E-state index in [1.807, 2.05) is 22.7 Å². The minimum Gasteiger partial charge on any atom is -0.376 e. The number of rotatable bonds is 2. The molecule has 2 aromatic heterocycles. The fourth-order valence-corrected chi connectivity index (χ4v) is 15.6. The summed E-state index contributed by atoms with van der Waals surface area (Å²) >= 11 is 3.98. The fourth-order valence-electron chi connectivity index (χ4n) is 13.0. The second-order valence-corrected chi connectivity index (χ2v) is 25.2. The Labute approximate surface area is 409 Å². The smallest absolute Gasteiger partial charge is 0.333 e. The first kappa shape index (κ1) is 40.9. The Hall–Kier alpha value is -6.14. The molecule has 8 aromatic carbocycles. The lowest BCUT2D eigenvalue weighted by Gasteiger charge is -2.51. The first-order chi connectivity index (χ1) is 32.6. The molecule has 0 spiro atoms. The van der Waals surface area contributed by atoms with Crippen molar-refractivity contribution in [2.45, 2.75) is 96.8 Å². The lowest BCUT2D eigenvalue weighted by atomic mass is 9.42. The zero-order valence-corrected chi connectivity index (χ0v) is 42.2. The molecule has 14 rings (SSSR count). The highest BCUT2D eigenvalue weighted by Gasteiger charge is 2.51. The third kappa shape index (κ3) is 5.35. The van der Waals surface area contributed by atoms with Crippen LogP contribution in [-0.2, 0) is 21.7 Å². The van der Waals surface area contributed by atoms with Gasteiger partial charge in [0.15, 0.2) is 0 Å². The number of benzene rings is 8. The van der Waals surface area contributed by atoms with Crippen molar-refractivity contribution in [3.63, 3.8) is 0 Å². The van der Waals surface area contributed by atoms with Gasteiger partial charge < -0.3 is 9.71 Å². The highest BCUT2D eigenvalue weighted by molar-refractivity contribution is 7.27. The van der Waals surface area contributed by atoms with Crippen LogP contribution in [0.3, 0.4) is 0 Å².